The highest BCUT2D eigenvalue weighted by Gasteiger charge is 2.21. The van der Waals surface area contributed by atoms with E-state index in [9.17, 15) is 0 Å². The molecule has 1 atom stereocenters. The predicted octanol–water partition coefficient (Wildman–Crippen LogP) is 4.09. The summed E-state index contributed by atoms with van der Waals surface area (Å²) in [5.74, 6) is 0. The van der Waals surface area contributed by atoms with E-state index < -0.39 is 0 Å². The summed E-state index contributed by atoms with van der Waals surface area (Å²) in [7, 11) is 0. The van der Waals surface area contributed by atoms with E-state index >= 15 is 0 Å². The van der Waals surface area contributed by atoms with Crippen LogP contribution in [-0.2, 0) is 4.84 Å². The monoisotopic (exact) mass is 264 g/mol. The second-order valence-corrected chi connectivity index (χ2v) is 4.87. The molecule has 100 valence electrons. The second-order valence-electron chi connectivity index (χ2n) is 4.87. The standard InChI is InChI=1S/C17H16N2O/c1-13-12-17(20-19-13)16-5-3-2-4-15(16)7-6-14-8-10-18-11-9-14/h2-11,17H,12H2,1H3/b7-6+/t17-/m1/s1. The average molecular weight is 264 g/mol. The van der Waals surface area contributed by atoms with Crippen molar-refractivity contribution in [2.75, 3.05) is 0 Å². The van der Waals surface area contributed by atoms with Gasteiger partial charge in [-0.15, -0.1) is 0 Å². The summed E-state index contributed by atoms with van der Waals surface area (Å²) >= 11 is 0. The maximum atomic E-state index is 5.49. The molecule has 0 amide bonds. The molecule has 2 heterocycles. The summed E-state index contributed by atoms with van der Waals surface area (Å²) < 4.78 is 0. The number of pyridine rings is 1. The van der Waals surface area contributed by atoms with Crippen molar-refractivity contribution >= 4 is 17.9 Å². The molecule has 0 saturated carbocycles. The Morgan fingerprint density at radius 1 is 1.10 bits per heavy atom. The number of oxime groups is 1. The number of hydrogen-bond acceptors (Lipinski definition) is 3. The van der Waals surface area contributed by atoms with Crippen LogP contribution in [0.5, 0.6) is 0 Å². The Morgan fingerprint density at radius 3 is 2.65 bits per heavy atom. The molecule has 1 aromatic heterocycles. The molecule has 0 fully saturated rings. The van der Waals surface area contributed by atoms with Gasteiger partial charge in [0, 0.05) is 24.4 Å². The van der Waals surface area contributed by atoms with E-state index in [0.29, 0.717) is 0 Å². The first-order valence-corrected chi connectivity index (χ1v) is 6.69. The van der Waals surface area contributed by atoms with Gasteiger partial charge in [-0.3, -0.25) is 4.98 Å². The Morgan fingerprint density at radius 2 is 1.90 bits per heavy atom. The SMILES string of the molecule is CC1=NO[C@@H](c2ccccc2/C=C/c2ccncc2)C1. The van der Waals surface area contributed by atoms with Gasteiger partial charge in [0.1, 0.15) is 0 Å². The highest BCUT2D eigenvalue weighted by Crippen LogP contribution is 2.30. The molecule has 3 rings (SSSR count). The quantitative estimate of drug-likeness (QED) is 0.836. The number of benzene rings is 1. The first-order chi connectivity index (χ1) is 9.83. The fraction of sp³-hybridized carbons (Fsp3) is 0.176. The van der Waals surface area contributed by atoms with Crippen molar-refractivity contribution in [2.24, 2.45) is 5.16 Å². The molecular weight excluding hydrogens is 248 g/mol. The zero-order valence-electron chi connectivity index (χ0n) is 11.4. The van der Waals surface area contributed by atoms with Gasteiger partial charge in [0.25, 0.3) is 0 Å². The van der Waals surface area contributed by atoms with E-state index in [1.165, 1.54) is 11.1 Å². The normalized spacial score (nSPS) is 18.1. The van der Waals surface area contributed by atoms with Crippen LogP contribution in [-0.4, -0.2) is 10.7 Å². The number of hydrogen-bond donors (Lipinski definition) is 0. The zero-order chi connectivity index (χ0) is 13.8. The maximum absolute atomic E-state index is 5.49. The van der Waals surface area contributed by atoms with Gasteiger partial charge in [0.15, 0.2) is 6.10 Å². The van der Waals surface area contributed by atoms with Crippen LogP contribution in [0.2, 0.25) is 0 Å². The lowest BCUT2D eigenvalue weighted by Crippen LogP contribution is -2.00. The topological polar surface area (TPSA) is 34.5 Å². The first kappa shape index (κ1) is 12.6. The summed E-state index contributed by atoms with van der Waals surface area (Å²) in [6, 6.07) is 12.3. The minimum absolute atomic E-state index is 0.0355. The summed E-state index contributed by atoms with van der Waals surface area (Å²) in [6.07, 6.45) is 8.68. The van der Waals surface area contributed by atoms with Gasteiger partial charge in [-0.2, -0.15) is 0 Å². The van der Waals surface area contributed by atoms with Crippen molar-refractivity contribution in [1.29, 1.82) is 0 Å². The molecule has 3 nitrogen and oxygen atoms in total. The average Bonchev–Trinajstić information content (AvgIpc) is 2.93. The smallest absolute Gasteiger partial charge is 0.158 e. The van der Waals surface area contributed by atoms with E-state index in [2.05, 4.69) is 34.4 Å². The summed E-state index contributed by atoms with van der Waals surface area (Å²) in [4.78, 5) is 9.51. The highest BCUT2D eigenvalue weighted by molar-refractivity contribution is 5.83. The van der Waals surface area contributed by atoms with Crippen LogP contribution in [0.1, 0.15) is 36.1 Å². The van der Waals surface area contributed by atoms with Gasteiger partial charge in [0.2, 0.25) is 0 Å². The van der Waals surface area contributed by atoms with Crippen LogP contribution in [0.4, 0.5) is 0 Å². The lowest BCUT2D eigenvalue weighted by atomic mass is 9.98. The third-order valence-electron chi connectivity index (χ3n) is 3.32. The molecule has 0 radical (unpaired) electrons. The summed E-state index contributed by atoms with van der Waals surface area (Å²) in [6.45, 7) is 2.00. The van der Waals surface area contributed by atoms with Gasteiger partial charge >= 0.3 is 0 Å². The van der Waals surface area contributed by atoms with Crippen molar-refractivity contribution < 1.29 is 4.84 Å². The number of aromatic nitrogens is 1. The first-order valence-electron chi connectivity index (χ1n) is 6.69. The third kappa shape index (κ3) is 2.77. The van der Waals surface area contributed by atoms with Crippen LogP contribution in [0, 0.1) is 0 Å². The van der Waals surface area contributed by atoms with Crippen LogP contribution in [0.3, 0.4) is 0 Å². The van der Waals surface area contributed by atoms with Gasteiger partial charge in [-0.05, 0) is 30.2 Å². The van der Waals surface area contributed by atoms with Crippen molar-refractivity contribution in [3.8, 4) is 0 Å². The minimum atomic E-state index is 0.0355. The molecule has 1 aliphatic heterocycles. The van der Waals surface area contributed by atoms with Gasteiger partial charge in [-0.25, -0.2) is 0 Å². The van der Waals surface area contributed by atoms with Gasteiger partial charge in [-0.1, -0.05) is 41.6 Å². The minimum Gasteiger partial charge on any atom is -0.387 e. The van der Waals surface area contributed by atoms with Crippen molar-refractivity contribution in [1.82, 2.24) is 4.98 Å². The highest BCUT2D eigenvalue weighted by atomic mass is 16.6. The van der Waals surface area contributed by atoms with E-state index in [0.717, 1.165) is 17.7 Å². The Bertz CT molecular complexity index is 647. The van der Waals surface area contributed by atoms with Crippen molar-refractivity contribution in [2.45, 2.75) is 19.4 Å². The van der Waals surface area contributed by atoms with E-state index in [4.69, 9.17) is 4.84 Å². The third-order valence-corrected chi connectivity index (χ3v) is 3.32. The van der Waals surface area contributed by atoms with Crippen LogP contribution < -0.4 is 0 Å². The maximum Gasteiger partial charge on any atom is 0.158 e. The van der Waals surface area contributed by atoms with Crippen molar-refractivity contribution in [3.63, 3.8) is 0 Å². The molecule has 1 aromatic carbocycles. The lowest BCUT2D eigenvalue weighted by Gasteiger charge is -2.11. The molecule has 0 bridgehead atoms. The molecule has 1 aliphatic rings. The molecule has 0 N–H and O–H groups in total. The Kier molecular flexibility index (Phi) is 3.59. The molecule has 20 heavy (non-hydrogen) atoms. The number of nitrogens with zero attached hydrogens (tertiary/aromatic N) is 2. The van der Waals surface area contributed by atoms with Crippen LogP contribution in [0.25, 0.3) is 12.2 Å². The largest absolute Gasteiger partial charge is 0.387 e. The second kappa shape index (κ2) is 5.70. The van der Waals surface area contributed by atoms with E-state index in [-0.39, 0.29) is 6.10 Å². The van der Waals surface area contributed by atoms with Crippen LogP contribution in [0.15, 0.2) is 53.9 Å². The number of rotatable bonds is 3. The fourth-order valence-corrected chi connectivity index (χ4v) is 2.28. The van der Waals surface area contributed by atoms with Crippen molar-refractivity contribution in [3.05, 3.63) is 65.5 Å². The Labute approximate surface area is 118 Å². The summed E-state index contributed by atoms with van der Waals surface area (Å²) in [5.41, 5.74) is 4.52. The molecule has 0 aliphatic carbocycles. The van der Waals surface area contributed by atoms with Crippen LogP contribution >= 0.6 is 0 Å². The lowest BCUT2D eigenvalue weighted by molar-refractivity contribution is 0.0856. The fourth-order valence-electron chi connectivity index (χ4n) is 2.28. The van der Waals surface area contributed by atoms with E-state index in [1.807, 2.05) is 31.2 Å². The molecule has 0 unspecified atom stereocenters. The summed E-state index contributed by atoms with van der Waals surface area (Å²) in [5, 5.41) is 4.04. The Hall–Kier alpha value is -2.42. The molecule has 2 aromatic rings. The Balaban J connectivity index is 1.85. The van der Waals surface area contributed by atoms with Gasteiger partial charge < -0.3 is 4.84 Å². The van der Waals surface area contributed by atoms with E-state index in [1.54, 1.807) is 12.4 Å². The molecule has 0 spiro atoms. The molecule has 3 heteroatoms. The molecule has 0 saturated heterocycles. The predicted molar refractivity (Wildman–Crippen MR) is 81.2 cm³/mol. The zero-order valence-corrected chi connectivity index (χ0v) is 11.4. The van der Waals surface area contributed by atoms with Gasteiger partial charge in [0.05, 0.1) is 5.71 Å². The molecular formula is C17H16N2O.